The first kappa shape index (κ1) is 17.5. The summed E-state index contributed by atoms with van der Waals surface area (Å²) in [6.07, 6.45) is 4.72. The molecule has 0 fully saturated rings. The van der Waals surface area contributed by atoms with E-state index in [1.807, 2.05) is 24.3 Å². The molecule has 0 amide bonds. The van der Waals surface area contributed by atoms with E-state index in [0.29, 0.717) is 5.56 Å². The van der Waals surface area contributed by atoms with Crippen molar-refractivity contribution < 1.29 is 0 Å². The van der Waals surface area contributed by atoms with E-state index in [2.05, 4.69) is 65.0 Å². The van der Waals surface area contributed by atoms with Crippen molar-refractivity contribution in [3.8, 4) is 6.07 Å². The summed E-state index contributed by atoms with van der Waals surface area (Å²) in [7, 11) is 0. The molecule has 0 N–H and O–H groups in total. The molecule has 3 rings (SSSR count). The minimum absolute atomic E-state index is 0.233. The monoisotopic (exact) mass is 329 g/mol. The Bertz CT molecular complexity index is 858. The van der Waals surface area contributed by atoms with Crippen LogP contribution in [0.5, 0.6) is 0 Å². The number of nitrogens with zero attached hydrogens (tertiary/aromatic N) is 1. The lowest BCUT2D eigenvalue weighted by molar-refractivity contribution is 0.332. The van der Waals surface area contributed by atoms with Gasteiger partial charge in [-0.25, -0.2) is 0 Å². The van der Waals surface area contributed by atoms with Crippen LogP contribution in [-0.2, 0) is 10.8 Å². The van der Waals surface area contributed by atoms with Gasteiger partial charge in [-0.2, -0.15) is 5.26 Å². The lowest BCUT2D eigenvalue weighted by Crippen LogP contribution is -2.33. The highest BCUT2D eigenvalue weighted by atomic mass is 14.4. The van der Waals surface area contributed by atoms with E-state index >= 15 is 0 Å². The summed E-state index contributed by atoms with van der Waals surface area (Å²) in [5.41, 5.74) is 7.82. The molecule has 1 aliphatic rings. The molecular weight excluding hydrogens is 302 g/mol. The van der Waals surface area contributed by atoms with Gasteiger partial charge in [-0.05, 0) is 70.6 Å². The zero-order valence-electron chi connectivity index (χ0n) is 16.0. The smallest absolute Gasteiger partial charge is 0.0991 e. The quantitative estimate of drug-likeness (QED) is 0.579. The average Bonchev–Trinajstić information content (AvgIpc) is 2.59. The normalized spacial score (nSPS) is 18.3. The van der Waals surface area contributed by atoms with Crippen molar-refractivity contribution in [1.82, 2.24) is 0 Å². The van der Waals surface area contributed by atoms with Crippen LogP contribution < -0.4 is 0 Å². The van der Waals surface area contributed by atoms with Crippen LogP contribution in [0, 0.1) is 11.3 Å². The molecule has 0 aromatic heterocycles. The Kier molecular flexibility index (Phi) is 4.33. The summed E-state index contributed by atoms with van der Waals surface area (Å²) >= 11 is 0. The highest BCUT2D eigenvalue weighted by molar-refractivity contribution is 5.80. The number of hydrogen-bond donors (Lipinski definition) is 0. The van der Waals surface area contributed by atoms with Crippen molar-refractivity contribution in [3.05, 3.63) is 70.3 Å². The molecule has 0 saturated carbocycles. The topological polar surface area (TPSA) is 23.8 Å². The second-order valence-corrected chi connectivity index (χ2v) is 8.59. The van der Waals surface area contributed by atoms with E-state index in [1.165, 1.54) is 35.1 Å². The highest BCUT2D eigenvalue weighted by Gasteiger charge is 2.36. The first-order valence-electron chi connectivity index (χ1n) is 9.07. The Morgan fingerprint density at radius 1 is 0.920 bits per heavy atom. The molecule has 2 aromatic rings. The van der Waals surface area contributed by atoms with Gasteiger partial charge in [0.15, 0.2) is 0 Å². The van der Waals surface area contributed by atoms with Gasteiger partial charge < -0.3 is 0 Å². The molecular formula is C24H27N. The van der Waals surface area contributed by atoms with E-state index in [0.717, 1.165) is 5.56 Å². The van der Waals surface area contributed by atoms with E-state index in [9.17, 15) is 0 Å². The predicted octanol–water partition coefficient (Wildman–Crippen LogP) is 6.47. The maximum Gasteiger partial charge on any atom is 0.0991 e. The third-order valence-corrected chi connectivity index (χ3v) is 5.73. The minimum Gasteiger partial charge on any atom is -0.192 e. The Morgan fingerprint density at radius 3 is 2.12 bits per heavy atom. The molecule has 0 heterocycles. The van der Waals surface area contributed by atoms with Gasteiger partial charge in [-0.3, -0.25) is 0 Å². The molecule has 0 saturated heterocycles. The molecule has 1 aliphatic carbocycles. The lowest BCUT2D eigenvalue weighted by Gasteiger charge is -2.42. The van der Waals surface area contributed by atoms with Gasteiger partial charge >= 0.3 is 0 Å². The van der Waals surface area contributed by atoms with Gasteiger partial charge in [0, 0.05) is 0 Å². The summed E-state index contributed by atoms with van der Waals surface area (Å²) in [5, 5.41) is 8.94. The fourth-order valence-electron chi connectivity index (χ4n) is 3.84. The third kappa shape index (κ3) is 3.40. The third-order valence-electron chi connectivity index (χ3n) is 5.73. The fourth-order valence-corrected chi connectivity index (χ4v) is 3.84. The predicted molar refractivity (Wildman–Crippen MR) is 106 cm³/mol. The maximum absolute atomic E-state index is 8.94. The lowest BCUT2D eigenvalue weighted by atomic mass is 9.63. The SMILES string of the molecule is C/C(=C\c1ccc2c(c1)C(C)(C)CCC2(C)C)c1ccc(C#N)cc1. The molecule has 0 unspecified atom stereocenters. The van der Waals surface area contributed by atoms with Crippen LogP contribution in [0.4, 0.5) is 0 Å². The zero-order chi connectivity index (χ0) is 18.2. The van der Waals surface area contributed by atoms with Gasteiger partial charge in [0.2, 0.25) is 0 Å². The number of allylic oxidation sites excluding steroid dienone is 1. The summed E-state index contributed by atoms with van der Waals surface area (Å²) in [4.78, 5) is 0. The Labute approximate surface area is 152 Å². The Morgan fingerprint density at radius 2 is 1.52 bits per heavy atom. The van der Waals surface area contributed by atoms with Crippen LogP contribution in [0.1, 0.15) is 75.3 Å². The highest BCUT2D eigenvalue weighted by Crippen LogP contribution is 2.46. The van der Waals surface area contributed by atoms with E-state index in [1.54, 1.807) is 0 Å². The summed E-state index contributed by atoms with van der Waals surface area (Å²) < 4.78 is 0. The molecule has 0 bridgehead atoms. The fraction of sp³-hybridized carbons (Fsp3) is 0.375. The number of hydrogen-bond acceptors (Lipinski definition) is 1. The van der Waals surface area contributed by atoms with Crippen molar-refractivity contribution in [2.24, 2.45) is 0 Å². The van der Waals surface area contributed by atoms with Crippen molar-refractivity contribution in [3.63, 3.8) is 0 Å². The minimum atomic E-state index is 0.233. The van der Waals surface area contributed by atoms with Crippen LogP contribution in [0.3, 0.4) is 0 Å². The molecule has 0 spiro atoms. The van der Waals surface area contributed by atoms with Crippen LogP contribution in [0.2, 0.25) is 0 Å². The zero-order valence-corrected chi connectivity index (χ0v) is 16.0. The molecule has 0 aliphatic heterocycles. The largest absolute Gasteiger partial charge is 0.192 e. The van der Waals surface area contributed by atoms with Gasteiger partial charge in [0.1, 0.15) is 0 Å². The molecule has 1 nitrogen and oxygen atoms in total. The van der Waals surface area contributed by atoms with E-state index in [4.69, 9.17) is 5.26 Å². The molecule has 25 heavy (non-hydrogen) atoms. The second kappa shape index (κ2) is 6.19. The first-order chi connectivity index (χ1) is 11.7. The van der Waals surface area contributed by atoms with Gasteiger partial charge in [-0.15, -0.1) is 0 Å². The van der Waals surface area contributed by atoms with Crippen LogP contribution >= 0.6 is 0 Å². The Hall–Kier alpha value is -2.33. The Balaban J connectivity index is 2.00. The van der Waals surface area contributed by atoms with Gasteiger partial charge in [0.05, 0.1) is 11.6 Å². The summed E-state index contributed by atoms with van der Waals surface area (Å²) in [6.45, 7) is 11.6. The number of benzene rings is 2. The van der Waals surface area contributed by atoms with E-state index < -0.39 is 0 Å². The second-order valence-electron chi connectivity index (χ2n) is 8.59. The number of fused-ring (bicyclic) bond motifs is 1. The van der Waals surface area contributed by atoms with Gasteiger partial charge in [-0.1, -0.05) is 64.1 Å². The van der Waals surface area contributed by atoms with E-state index in [-0.39, 0.29) is 10.8 Å². The van der Waals surface area contributed by atoms with Crippen molar-refractivity contribution in [2.75, 3.05) is 0 Å². The van der Waals surface area contributed by atoms with Crippen LogP contribution in [-0.4, -0.2) is 0 Å². The maximum atomic E-state index is 8.94. The van der Waals surface area contributed by atoms with Gasteiger partial charge in [0.25, 0.3) is 0 Å². The molecule has 0 atom stereocenters. The van der Waals surface area contributed by atoms with Crippen molar-refractivity contribution in [2.45, 2.75) is 58.3 Å². The van der Waals surface area contributed by atoms with Crippen LogP contribution in [0.15, 0.2) is 42.5 Å². The van der Waals surface area contributed by atoms with Crippen molar-refractivity contribution >= 4 is 11.6 Å². The summed E-state index contributed by atoms with van der Waals surface area (Å²) in [5.74, 6) is 0. The number of rotatable bonds is 2. The molecule has 1 heteroatoms. The number of nitriles is 1. The first-order valence-corrected chi connectivity index (χ1v) is 9.07. The van der Waals surface area contributed by atoms with Crippen molar-refractivity contribution in [1.29, 1.82) is 5.26 Å². The standard InChI is InChI=1S/C24H27N/c1-17(20-9-6-18(16-25)7-10-20)14-19-8-11-21-22(15-19)24(4,5)13-12-23(21,2)3/h6-11,14-15H,12-13H2,1-5H3/b17-14+. The average molecular weight is 329 g/mol. The molecule has 2 aromatic carbocycles. The molecule has 128 valence electrons. The van der Waals surface area contributed by atoms with Crippen LogP contribution in [0.25, 0.3) is 11.6 Å². The molecule has 0 radical (unpaired) electrons. The summed E-state index contributed by atoms with van der Waals surface area (Å²) in [6, 6.07) is 16.9.